The molecule has 2 heterocycles. The van der Waals surface area contributed by atoms with Gasteiger partial charge in [-0.25, -0.2) is 4.39 Å². The number of nitrogens with zero attached hydrogens (tertiary/aromatic N) is 2. The van der Waals surface area contributed by atoms with Crippen molar-refractivity contribution in [2.75, 3.05) is 20.1 Å². The van der Waals surface area contributed by atoms with Crippen molar-refractivity contribution in [2.45, 2.75) is 38.3 Å². The molecule has 23 heavy (non-hydrogen) atoms. The number of hydrogen-bond acceptors (Lipinski definition) is 2. The van der Waals surface area contributed by atoms with Gasteiger partial charge in [-0.1, -0.05) is 0 Å². The predicted molar refractivity (Wildman–Crippen MR) is 76.6 cm³/mol. The maximum Gasteiger partial charge on any atom is 0.416 e. The molecule has 2 aliphatic heterocycles. The quantitative estimate of drug-likeness (QED) is 0.778. The largest absolute Gasteiger partial charge is 0.416 e. The number of carbonyl (C=O) groups is 1. The van der Waals surface area contributed by atoms with Crippen molar-refractivity contribution >= 4 is 5.91 Å². The Morgan fingerprint density at radius 2 is 2.00 bits per heavy atom. The summed E-state index contributed by atoms with van der Waals surface area (Å²) in [6.07, 6.45) is -4.14. The summed E-state index contributed by atoms with van der Waals surface area (Å²) in [7, 11) is 1.48. The van der Waals surface area contributed by atoms with Gasteiger partial charge in [0, 0.05) is 38.8 Å². The minimum atomic E-state index is -4.51. The number of rotatable bonds is 2. The third-order valence-electron chi connectivity index (χ3n) is 4.50. The molecule has 0 aliphatic carbocycles. The van der Waals surface area contributed by atoms with Crippen molar-refractivity contribution in [3.05, 3.63) is 34.4 Å². The van der Waals surface area contributed by atoms with Crippen LogP contribution in [0.15, 0.2) is 12.1 Å². The molecule has 0 saturated carbocycles. The minimum absolute atomic E-state index is 0.0322. The second-order valence-electron chi connectivity index (χ2n) is 6.70. The lowest BCUT2D eigenvalue weighted by Crippen LogP contribution is -2.26. The van der Waals surface area contributed by atoms with Gasteiger partial charge in [0.15, 0.2) is 0 Å². The highest BCUT2D eigenvalue weighted by atomic mass is 19.4. The third-order valence-corrected chi connectivity index (χ3v) is 4.50. The highest BCUT2D eigenvalue weighted by Crippen LogP contribution is 2.38. The van der Waals surface area contributed by atoms with E-state index >= 15 is 0 Å². The highest BCUT2D eigenvalue weighted by molar-refractivity contribution is 5.98. The molecule has 0 bridgehead atoms. The van der Waals surface area contributed by atoms with Crippen LogP contribution in [0.1, 0.15) is 40.4 Å². The van der Waals surface area contributed by atoms with Crippen molar-refractivity contribution in [1.82, 2.24) is 9.80 Å². The zero-order valence-corrected chi connectivity index (χ0v) is 13.0. The van der Waals surface area contributed by atoms with Crippen LogP contribution in [0, 0.1) is 0 Å². The van der Waals surface area contributed by atoms with Crippen LogP contribution < -0.4 is 0 Å². The van der Waals surface area contributed by atoms with Gasteiger partial charge >= 0.3 is 6.18 Å². The Hall–Kier alpha value is -1.63. The molecule has 0 N–H and O–H groups in total. The van der Waals surface area contributed by atoms with Gasteiger partial charge in [0.25, 0.3) is 5.91 Å². The number of alkyl halides is 4. The summed E-state index contributed by atoms with van der Waals surface area (Å²) < 4.78 is 53.8. The molecule has 0 spiro atoms. The predicted octanol–water partition coefficient (Wildman–Crippen LogP) is 3.22. The van der Waals surface area contributed by atoms with E-state index in [0.717, 1.165) is 6.07 Å². The topological polar surface area (TPSA) is 23.6 Å². The Morgan fingerprint density at radius 3 is 2.57 bits per heavy atom. The Labute approximate surface area is 131 Å². The average Bonchev–Trinajstić information content (AvgIpc) is 2.89. The molecule has 0 radical (unpaired) electrons. The fourth-order valence-corrected chi connectivity index (χ4v) is 3.36. The Bertz CT molecular complexity index is 654. The van der Waals surface area contributed by atoms with E-state index in [2.05, 4.69) is 0 Å². The molecule has 7 heteroatoms. The molecule has 0 aromatic heterocycles. The molecule has 3 rings (SSSR count). The maximum absolute atomic E-state index is 13.9. The lowest BCUT2D eigenvalue weighted by Gasteiger charge is -2.19. The van der Waals surface area contributed by atoms with Gasteiger partial charge in [0.1, 0.15) is 5.67 Å². The SMILES string of the molecule is CN1Cc2c(cc(CN3CCC(C)(F)C3)cc2C(F)(F)F)C1=O. The van der Waals surface area contributed by atoms with Crippen molar-refractivity contribution in [3.63, 3.8) is 0 Å². The molecule has 126 valence electrons. The van der Waals surface area contributed by atoms with Crippen molar-refractivity contribution < 1.29 is 22.4 Å². The van der Waals surface area contributed by atoms with E-state index in [1.54, 1.807) is 4.90 Å². The Morgan fingerprint density at radius 1 is 1.30 bits per heavy atom. The van der Waals surface area contributed by atoms with Crippen LogP contribution in [0.5, 0.6) is 0 Å². The van der Waals surface area contributed by atoms with E-state index in [1.807, 2.05) is 0 Å². The molecular formula is C16H18F4N2O. The first-order valence-corrected chi connectivity index (χ1v) is 7.46. The van der Waals surface area contributed by atoms with Crippen molar-refractivity contribution in [1.29, 1.82) is 0 Å². The molecule has 1 saturated heterocycles. The number of carbonyl (C=O) groups excluding carboxylic acids is 1. The molecule has 1 fully saturated rings. The first-order chi connectivity index (χ1) is 10.6. The number of likely N-dealkylation sites (tertiary alicyclic amines) is 1. The van der Waals surface area contributed by atoms with Gasteiger partial charge in [0.05, 0.1) is 5.56 Å². The van der Waals surface area contributed by atoms with E-state index in [-0.39, 0.29) is 30.8 Å². The maximum atomic E-state index is 13.9. The van der Waals surface area contributed by atoms with Gasteiger partial charge in [-0.15, -0.1) is 0 Å². The minimum Gasteiger partial charge on any atom is -0.337 e. The van der Waals surface area contributed by atoms with E-state index in [1.165, 1.54) is 24.9 Å². The molecule has 1 aromatic rings. The van der Waals surface area contributed by atoms with Gasteiger partial charge in [-0.2, -0.15) is 13.2 Å². The lowest BCUT2D eigenvalue weighted by molar-refractivity contribution is -0.138. The molecule has 1 aromatic carbocycles. The standard InChI is InChI=1S/C16H18F4N2O/c1-15(17)3-4-22(9-15)7-10-5-11-12(8-21(2)14(11)23)13(6-10)16(18,19)20/h5-6H,3-4,7-9H2,1-2H3. The monoisotopic (exact) mass is 330 g/mol. The fraction of sp³-hybridized carbons (Fsp3) is 0.562. The number of amides is 1. The van der Waals surface area contributed by atoms with Gasteiger partial charge in [0.2, 0.25) is 0 Å². The second-order valence-corrected chi connectivity index (χ2v) is 6.70. The Kier molecular flexibility index (Phi) is 3.66. The first-order valence-electron chi connectivity index (χ1n) is 7.46. The summed E-state index contributed by atoms with van der Waals surface area (Å²) in [6, 6.07) is 2.61. The number of halogens is 4. The Balaban J connectivity index is 1.95. The van der Waals surface area contributed by atoms with Crippen LogP contribution in [-0.2, 0) is 19.3 Å². The van der Waals surface area contributed by atoms with Crippen LogP contribution in [0.4, 0.5) is 17.6 Å². The summed E-state index contributed by atoms with van der Waals surface area (Å²) >= 11 is 0. The van der Waals surface area contributed by atoms with Gasteiger partial charge < -0.3 is 4.90 Å². The van der Waals surface area contributed by atoms with E-state index in [9.17, 15) is 22.4 Å². The first kappa shape index (κ1) is 16.2. The van der Waals surface area contributed by atoms with Crippen LogP contribution in [0.2, 0.25) is 0 Å². The highest BCUT2D eigenvalue weighted by Gasteiger charge is 2.40. The zero-order valence-electron chi connectivity index (χ0n) is 13.0. The van der Waals surface area contributed by atoms with Crippen molar-refractivity contribution in [2.24, 2.45) is 0 Å². The molecular weight excluding hydrogens is 312 g/mol. The summed E-state index contributed by atoms with van der Waals surface area (Å²) in [6.45, 7) is 2.37. The summed E-state index contributed by atoms with van der Waals surface area (Å²) in [5.41, 5.74) is -1.52. The van der Waals surface area contributed by atoms with Crippen LogP contribution in [-0.4, -0.2) is 41.5 Å². The third kappa shape index (κ3) is 3.06. The summed E-state index contributed by atoms with van der Waals surface area (Å²) in [4.78, 5) is 15.1. The van der Waals surface area contributed by atoms with E-state index in [0.29, 0.717) is 18.5 Å². The lowest BCUT2D eigenvalue weighted by atomic mass is 9.98. The number of benzene rings is 1. The summed E-state index contributed by atoms with van der Waals surface area (Å²) in [5, 5.41) is 0. The molecule has 1 amide bonds. The molecule has 1 atom stereocenters. The zero-order chi connectivity index (χ0) is 17.0. The molecule has 1 unspecified atom stereocenters. The fourth-order valence-electron chi connectivity index (χ4n) is 3.36. The molecule has 3 nitrogen and oxygen atoms in total. The van der Waals surface area contributed by atoms with Gasteiger partial charge in [-0.3, -0.25) is 9.69 Å². The van der Waals surface area contributed by atoms with E-state index in [4.69, 9.17) is 0 Å². The van der Waals surface area contributed by atoms with Gasteiger partial charge in [-0.05, 0) is 36.6 Å². The van der Waals surface area contributed by atoms with Crippen molar-refractivity contribution in [3.8, 4) is 0 Å². The van der Waals surface area contributed by atoms with Crippen LogP contribution in [0.3, 0.4) is 0 Å². The van der Waals surface area contributed by atoms with E-state index < -0.39 is 23.3 Å². The normalized spacial score (nSPS) is 25.3. The number of fused-ring (bicyclic) bond motifs is 1. The summed E-state index contributed by atoms with van der Waals surface area (Å²) in [5.74, 6) is -0.399. The molecule has 2 aliphatic rings. The number of hydrogen-bond donors (Lipinski definition) is 0. The van der Waals surface area contributed by atoms with Crippen LogP contribution >= 0.6 is 0 Å². The average molecular weight is 330 g/mol. The second kappa shape index (κ2) is 5.19. The smallest absolute Gasteiger partial charge is 0.337 e. The van der Waals surface area contributed by atoms with Crippen LogP contribution in [0.25, 0.3) is 0 Å².